The third kappa shape index (κ3) is 3.89. The van der Waals surface area contributed by atoms with Crippen LogP contribution in [0.3, 0.4) is 0 Å². The molecule has 0 saturated heterocycles. The first-order valence-electron chi connectivity index (χ1n) is 5.62. The van der Waals surface area contributed by atoms with E-state index in [1.54, 1.807) is 12.1 Å². The number of alkyl halides is 3. The number of rotatable bonds is 3. The van der Waals surface area contributed by atoms with Crippen molar-refractivity contribution in [3.05, 3.63) is 52.7 Å². The maximum atomic E-state index is 12.5. The molecule has 0 amide bonds. The molecule has 2 rings (SSSR count). The van der Waals surface area contributed by atoms with Crippen molar-refractivity contribution >= 4 is 29.2 Å². The Morgan fingerprint density at radius 3 is 2.48 bits per heavy atom. The summed E-state index contributed by atoms with van der Waals surface area (Å²) >= 11 is 6.95. The Morgan fingerprint density at radius 2 is 1.95 bits per heavy atom. The summed E-state index contributed by atoms with van der Waals surface area (Å²) in [5, 5.41) is 8.28. The SMILES string of the molecule is N=C(N)c1cc(Cl)ccc1Sc1ccc(C(F)(F)F)cn1. The first-order valence-corrected chi connectivity index (χ1v) is 6.82. The van der Waals surface area contributed by atoms with Gasteiger partial charge in [-0.1, -0.05) is 23.4 Å². The second kappa shape index (κ2) is 5.95. The second-order valence-electron chi connectivity index (χ2n) is 4.04. The van der Waals surface area contributed by atoms with Gasteiger partial charge in [-0.15, -0.1) is 0 Å². The van der Waals surface area contributed by atoms with E-state index in [4.69, 9.17) is 22.7 Å². The lowest BCUT2D eigenvalue weighted by atomic mass is 10.2. The Morgan fingerprint density at radius 1 is 1.24 bits per heavy atom. The molecule has 0 bridgehead atoms. The quantitative estimate of drug-likeness (QED) is 0.655. The molecule has 2 aromatic rings. The lowest BCUT2D eigenvalue weighted by molar-refractivity contribution is -0.137. The fraction of sp³-hybridized carbons (Fsp3) is 0.0769. The molecule has 0 saturated carbocycles. The third-order valence-electron chi connectivity index (χ3n) is 2.51. The molecule has 110 valence electrons. The molecule has 0 aliphatic carbocycles. The minimum atomic E-state index is -4.42. The molecule has 0 spiro atoms. The molecule has 1 aromatic carbocycles. The summed E-state index contributed by atoms with van der Waals surface area (Å²) in [6.45, 7) is 0. The zero-order valence-corrected chi connectivity index (χ0v) is 12.0. The number of benzene rings is 1. The van der Waals surface area contributed by atoms with Gasteiger partial charge in [0.15, 0.2) is 0 Å². The number of nitrogen functional groups attached to an aromatic ring is 1. The topological polar surface area (TPSA) is 62.8 Å². The molecule has 0 radical (unpaired) electrons. The molecule has 1 aromatic heterocycles. The van der Waals surface area contributed by atoms with Crippen LogP contribution >= 0.6 is 23.4 Å². The number of aromatic nitrogens is 1. The Hall–Kier alpha value is -1.73. The molecular formula is C13H9ClF3N3S. The average molecular weight is 332 g/mol. The van der Waals surface area contributed by atoms with Gasteiger partial charge in [-0.3, -0.25) is 5.41 Å². The molecule has 8 heteroatoms. The maximum Gasteiger partial charge on any atom is 0.417 e. The molecule has 0 aliphatic heterocycles. The smallest absolute Gasteiger partial charge is 0.384 e. The van der Waals surface area contributed by atoms with E-state index in [0.29, 0.717) is 20.5 Å². The molecule has 1 heterocycles. The van der Waals surface area contributed by atoms with E-state index < -0.39 is 11.7 Å². The molecule has 21 heavy (non-hydrogen) atoms. The summed E-state index contributed by atoms with van der Waals surface area (Å²) in [7, 11) is 0. The minimum absolute atomic E-state index is 0.174. The molecule has 0 unspecified atom stereocenters. The summed E-state index contributed by atoms with van der Waals surface area (Å²) in [6.07, 6.45) is -3.65. The predicted molar refractivity (Wildman–Crippen MR) is 75.8 cm³/mol. The summed E-state index contributed by atoms with van der Waals surface area (Å²) in [5.41, 5.74) is 5.06. The maximum absolute atomic E-state index is 12.5. The lowest BCUT2D eigenvalue weighted by Gasteiger charge is -2.09. The van der Waals surface area contributed by atoms with E-state index in [2.05, 4.69) is 4.98 Å². The number of pyridine rings is 1. The Bertz CT molecular complexity index is 671. The number of halogens is 4. The van der Waals surface area contributed by atoms with E-state index in [1.165, 1.54) is 12.1 Å². The van der Waals surface area contributed by atoms with Gasteiger partial charge in [-0.05, 0) is 30.3 Å². The van der Waals surface area contributed by atoms with E-state index in [0.717, 1.165) is 24.0 Å². The van der Waals surface area contributed by atoms with Gasteiger partial charge in [0, 0.05) is 21.7 Å². The van der Waals surface area contributed by atoms with Crippen LogP contribution in [0.5, 0.6) is 0 Å². The zero-order chi connectivity index (χ0) is 15.6. The number of hydrogen-bond donors (Lipinski definition) is 2. The van der Waals surface area contributed by atoms with Gasteiger partial charge >= 0.3 is 6.18 Å². The predicted octanol–water partition coefficient (Wildman–Crippen LogP) is 4.19. The van der Waals surface area contributed by atoms with Crippen molar-refractivity contribution in [1.82, 2.24) is 4.98 Å². The van der Waals surface area contributed by atoms with Crippen molar-refractivity contribution in [3.63, 3.8) is 0 Å². The molecule has 3 nitrogen and oxygen atoms in total. The van der Waals surface area contributed by atoms with Gasteiger partial charge in [-0.2, -0.15) is 13.2 Å². The zero-order valence-electron chi connectivity index (χ0n) is 10.4. The van der Waals surface area contributed by atoms with Gasteiger partial charge in [-0.25, -0.2) is 4.98 Å². The Balaban J connectivity index is 2.28. The normalized spacial score (nSPS) is 11.4. The highest BCUT2D eigenvalue weighted by Crippen LogP contribution is 2.33. The first kappa shape index (κ1) is 15.7. The number of nitrogens with one attached hydrogen (secondary N) is 1. The van der Waals surface area contributed by atoms with Crippen LogP contribution < -0.4 is 5.73 Å². The monoisotopic (exact) mass is 331 g/mol. The van der Waals surface area contributed by atoms with Crippen molar-refractivity contribution in [2.45, 2.75) is 16.1 Å². The Kier molecular flexibility index (Phi) is 4.43. The van der Waals surface area contributed by atoms with Crippen LogP contribution in [0.1, 0.15) is 11.1 Å². The summed E-state index contributed by atoms with van der Waals surface area (Å²) in [4.78, 5) is 4.36. The standard InChI is InChI=1S/C13H9ClF3N3S/c14-8-2-3-10(9(5-8)12(18)19)21-11-4-1-7(6-20-11)13(15,16)17/h1-6H,(H3,18,19). The molecular weight excluding hydrogens is 323 g/mol. The van der Waals surface area contributed by atoms with Gasteiger partial charge in [0.2, 0.25) is 0 Å². The van der Waals surface area contributed by atoms with Crippen LogP contribution in [-0.4, -0.2) is 10.8 Å². The van der Waals surface area contributed by atoms with E-state index in [9.17, 15) is 13.2 Å². The van der Waals surface area contributed by atoms with Crippen LogP contribution in [0.4, 0.5) is 13.2 Å². The number of nitrogens with two attached hydrogens (primary N) is 1. The van der Waals surface area contributed by atoms with Gasteiger partial charge in [0.25, 0.3) is 0 Å². The number of nitrogens with zero attached hydrogens (tertiary/aromatic N) is 1. The molecule has 0 atom stereocenters. The molecule has 3 N–H and O–H groups in total. The highest BCUT2D eigenvalue weighted by atomic mass is 35.5. The first-order chi connectivity index (χ1) is 9.77. The number of amidine groups is 1. The lowest BCUT2D eigenvalue weighted by Crippen LogP contribution is -2.12. The fourth-order valence-electron chi connectivity index (χ4n) is 1.52. The van der Waals surface area contributed by atoms with E-state index in [-0.39, 0.29) is 5.84 Å². The number of hydrogen-bond acceptors (Lipinski definition) is 3. The van der Waals surface area contributed by atoms with Gasteiger partial charge < -0.3 is 5.73 Å². The second-order valence-corrected chi connectivity index (χ2v) is 5.54. The minimum Gasteiger partial charge on any atom is -0.384 e. The van der Waals surface area contributed by atoms with Crippen molar-refractivity contribution < 1.29 is 13.2 Å². The van der Waals surface area contributed by atoms with Crippen LogP contribution in [0.2, 0.25) is 5.02 Å². The molecule has 0 aliphatic rings. The van der Waals surface area contributed by atoms with Crippen molar-refractivity contribution in [2.24, 2.45) is 5.73 Å². The van der Waals surface area contributed by atoms with Crippen molar-refractivity contribution in [3.8, 4) is 0 Å². The fourth-order valence-corrected chi connectivity index (χ4v) is 2.58. The molecule has 0 fully saturated rings. The third-order valence-corrected chi connectivity index (χ3v) is 3.77. The van der Waals surface area contributed by atoms with Gasteiger partial charge in [0.1, 0.15) is 10.9 Å². The van der Waals surface area contributed by atoms with E-state index in [1.807, 2.05) is 0 Å². The van der Waals surface area contributed by atoms with Gasteiger partial charge in [0.05, 0.1) is 5.56 Å². The highest BCUT2D eigenvalue weighted by Gasteiger charge is 2.30. The summed E-state index contributed by atoms with van der Waals surface area (Å²) < 4.78 is 37.4. The van der Waals surface area contributed by atoms with Crippen LogP contribution in [0.15, 0.2) is 46.5 Å². The largest absolute Gasteiger partial charge is 0.417 e. The van der Waals surface area contributed by atoms with Crippen molar-refractivity contribution in [1.29, 1.82) is 5.41 Å². The van der Waals surface area contributed by atoms with Crippen LogP contribution in [-0.2, 0) is 6.18 Å². The summed E-state index contributed by atoms with van der Waals surface area (Å²) in [5.74, 6) is -0.174. The highest BCUT2D eigenvalue weighted by molar-refractivity contribution is 7.99. The van der Waals surface area contributed by atoms with Crippen LogP contribution in [0.25, 0.3) is 0 Å². The summed E-state index contributed by atoms with van der Waals surface area (Å²) in [6, 6.07) is 7.00. The van der Waals surface area contributed by atoms with Crippen LogP contribution in [0, 0.1) is 5.41 Å². The average Bonchev–Trinajstić information content (AvgIpc) is 2.40. The van der Waals surface area contributed by atoms with Crippen molar-refractivity contribution in [2.75, 3.05) is 0 Å². The Labute approximate surface area is 127 Å². The van der Waals surface area contributed by atoms with E-state index >= 15 is 0 Å².